The molecule has 0 amide bonds. The third kappa shape index (κ3) is 2.88. The molecule has 8 heteroatoms. The van der Waals surface area contributed by atoms with Gasteiger partial charge in [0, 0.05) is 19.7 Å². The van der Waals surface area contributed by atoms with Crippen LogP contribution in [0.3, 0.4) is 0 Å². The highest BCUT2D eigenvalue weighted by atomic mass is 16.7. The van der Waals surface area contributed by atoms with E-state index in [1.807, 2.05) is 30.3 Å². The molecular formula is C21H19NO7. The van der Waals surface area contributed by atoms with Crippen LogP contribution in [0.4, 0.5) is 0 Å². The molecule has 0 saturated heterocycles. The van der Waals surface area contributed by atoms with Gasteiger partial charge < -0.3 is 33.0 Å². The minimum absolute atomic E-state index is 0.114. The summed E-state index contributed by atoms with van der Waals surface area (Å²) in [7, 11) is 3.30. The van der Waals surface area contributed by atoms with Gasteiger partial charge in [0.2, 0.25) is 13.6 Å². The Balaban J connectivity index is 1.70. The number of methoxy groups -OCH3 is 1. The van der Waals surface area contributed by atoms with Crippen LogP contribution in [0.25, 0.3) is 22.0 Å². The third-order valence-electron chi connectivity index (χ3n) is 5.08. The number of ether oxygens (including phenoxy) is 6. The molecule has 0 unspecified atom stereocenters. The van der Waals surface area contributed by atoms with Gasteiger partial charge in [-0.1, -0.05) is 6.07 Å². The topological polar surface area (TPSA) is 77.4 Å². The predicted molar refractivity (Wildman–Crippen MR) is 104 cm³/mol. The van der Waals surface area contributed by atoms with Crippen LogP contribution in [0.15, 0.2) is 35.1 Å². The fourth-order valence-electron chi connectivity index (χ4n) is 3.69. The smallest absolute Gasteiger partial charge is 0.262 e. The molecule has 3 aromatic rings. The molecule has 3 heterocycles. The molecule has 0 N–H and O–H groups in total. The molecule has 0 fully saturated rings. The van der Waals surface area contributed by atoms with E-state index in [4.69, 9.17) is 28.4 Å². The Morgan fingerprint density at radius 2 is 1.76 bits per heavy atom. The van der Waals surface area contributed by atoms with E-state index >= 15 is 0 Å². The standard InChI is InChI=1S/C21H19NO7/c1-22-15(5-12-3-4-16-20(29-11-26-16)19(12)21(22)23)14-7-18-17(27-10-28-18)6-13(14)8-25-9-24-2/h3-7H,8-11H2,1-2H3. The second-order valence-electron chi connectivity index (χ2n) is 6.77. The molecule has 5 rings (SSSR count). The van der Waals surface area contributed by atoms with Crippen molar-refractivity contribution in [3.8, 4) is 34.3 Å². The summed E-state index contributed by atoms with van der Waals surface area (Å²) in [6.07, 6.45) is 0. The van der Waals surface area contributed by atoms with Crippen LogP contribution < -0.4 is 24.5 Å². The summed E-state index contributed by atoms with van der Waals surface area (Å²) in [4.78, 5) is 13.2. The summed E-state index contributed by atoms with van der Waals surface area (Å²) in [5.41, 5.74) is 2.25. The van der Waals surface area contributed by atoms with Gasteiger partial charge >= 0.3 is 0 Å². The number of hydrogen-bond acceptors (Lipinski definition) is 7. The van der Waals surface area contributed by atoms with Crippen molar-refractivity contribution in [2.45, 2.75) is 6.61 Å². The van der Waals surface area contributed by atoms with Crippen molar-refractivity contribution in [2.24, 2.45) is 7.05 Å². The van der Waals surface area contributed by atoms with Gasteiger partial charge in [-0.2, -0.15) is 0 Å². The fraction of sp³-hybridized carbons (Fsp3) is 0.286. The molecule has 150 valence electrons. The maximum Gasteiger partial charge on any atom is 0.262 e. The second kappa shape index (κ2) is 6.98. The average Bonchev–Trinajstić information content (AvgIpc) is 3.38. The van der Waals surface area contributed by atoms with Crippen LogP contribution in [0.1, 0.15) is 5.56 Å². The van der Waals surface area contributed by atoms with Crippen molar-refractivity contribution < 1.29 is 28.4 Å². The van der Waals surface area contributed by atoms with Gasteiger partial charge in [0.15, 0.2) is 23.0 Å². The molecule has 0 aliphatic carbocycles. The first-order valence-electron chi connectivity index (χ1n) is 9.09. The monoisotopic (exact) mass is 397 g/mol. The van der Waals surface area contributed by atoms with Crippen molar-refractivity contribution in [1.29, 1.82) is 0 Å². The Morgan fingerprint density at radius 1 is 1.00 bits per heavy atom. The molecule has 0 spiro atoms. The van der Waals surface area contributed by atoms with Crippen molar-refractivity contribution in [3.63, 3.8) is 0 Å². The highest BCUT2D eigenvalue weighted by molar-refractivity contribution is 5.93. The van der Waals surface area contributed by atoms with Gasteiger partial charge in [-0.25, -0.2) is 0 Å². The van der Waals surface area contributed by atoms with Gasteiger partial charge in [-0.3, -0.25) is 4.79 Å². The number of rotatable bonds is 5. The largest absolute Gasteiger partial charge is 0.454 e. The summed E-state index contributed by atoms with van der Waals surface area (Å²) < 4.78 is 34.2. The summed E-state index contributed by atoms with van der Waals surface area (Å²) in [5, 5.41) is 1.28. The van der Waals surface area contributed by atoms with Crippen molar-refractivity contribution in [2.75, 3.05) is 27.5 Å². The Kier molecular flexibility index (Phi) is 4.30. The van der Waals surface area contributed by atoms with Gasteiger partial charge in [0.05, 0.1) is 17.7 Å². The Labute approximate surface area is 166 Å². The quantitative estimate of drug-likeness (QED) is 0.484. The van der Waals surface area contributed by atoms with Crippen LogP contribution in [0.5, 0.6) is 23.0 Å². The molecule has 29 heavy (non-hydrogen) atoms. The Morgan fingerprint density at radius 3 is 2.59 bits per heavy atom. The van der Waals surface area contributed by atoms with E-state index in [1.54, 1.807) is 18.7 Å². The molecule has 2 aliphatic heterocycles. The summed E-state index contributed by atoms with van der Waals surface area (Å²) >= 11 is 0. The third-order valence-corrected chi connectivity index (χ3v) is 5.08. The summed E-state index contributed by atoms with van der Waals surface area (Å²) in [5.74, 6) is 2.36. The summed E-state index contributed by atoms with van der Waals surface area (Å²) in [6, 6.07) is 9.39. The van der Waals surface area contributed by atoms with Crippen LogP contribution in [0, 0.1) is 0 Å². The molecule has 2 aliphatic rings. The van der Waals surface area contributed by atoms with Crippen molar-refractivity contribution in [1.82, 2.24) is 4.57 Å². The van der Waals surface area contributed by atoms with E-state index in [9.17, 15) is 4.79 Å². The number of hydrogen-bond donors (Lipinski definition) is 0. The van der Waals surface area contributed by atoms with Crippen molar-refractivity contribution >= 4 is 10.8 Å². The predicted octanol–water partition coefficient (Wildman–Crippen LogP) is 2.78. The average molecular weight is 397 g/mol. The maximum atomic E-state index is 13.2. The minimum Gasteiger partial charge on any atom is -0.454 e. The molecule has 2 aromatic carbocycles. The fourth-order valence-corrected chi connectivity index (χ4v) is 3.69. The van der Waals surface area contributed by atoms with E-state index in [2.05, 4.69) is 0 Å². The molecule has 0 bridgehead atoms. The molecular weight excluding hydrogens is 378 g/mol. The molecule has 0 saturated carbocycles. The molecule has 0 atom stereocenters. The molecule has 0 radical (unpaired) electrons. The number of nitrogens with zero attached hydrogens (tertiary/aromatic N) is 1. The molecule has 1 aromatic heterocycles. The number of fused-ring (bicyclic) bond motifs is 4. The SMILES string of the molecule is COCOCc1cc2c(cc1-c1cc3ccc4c(c3c(=O)n1C)OCO4)OCO2. The lowest BCUT2D eigenvalue weighted by Crippen LogP contribution is -2.19. The first-order valence-corrected chi connectivity index (χ1v) is 9.09. The Hall–Kier alpha value is -3.23. The zero-order valence-electron chi connectivity index (χ0n) is 16.0. The number of aromatic nitrogens is 1. The maximum absolute atomic E-state index is 13.2. The number of pyridine rings is 1. The van der Waals surface area contributed by atoms with E-state index in [1.165, 1.54) is 0 Å². The lowest BCUT2D eigenvalue weighted by atomic mass is 10.0. The lowest BCUT2D eigenvalue weighted by Gasteiger charge is -2.16. The van der Waals surface area contributed by atoms with E-state index in [0.717, 1.165) is 22.2 Å². The minimum atomic E-state index is -0.165. The van der Waals surface area contributed by atoms with Crippen LogP contribution in [0.2, 0.25) is 0 Å². The van der Waals surface area contributed by atoms with Crippen LogP contribution >= 0.6 is 0 Å². The van der Waals surface area contributed by atoms with Gasteiger partial charge in [0.25, 0.3) is 5.56 Å². The van der Waals surface area contributed by atoms with E-state index in [-0.39, 0.29) is 25.9 Å². The summed E-state index contributed by atoms with van der Waals surface area (Å²) in [6.45, 7) is 0.737. The van der Waals surface area contributed by atoms with Crippen LogP contribution in [-0.2, 0) is 23.1 Å². The normalized spacial score (nSPS) is 14.0. The van der Waals surface area contributed by atoms with Crippen LogP contribution in [-0.4, -0.2) is 32.1 Å². The van der Waals surface area contributed by atoms with Gasteiger partial charge in [-0.05, 0) is 35.2 Å². The Bertz CT molecular complexity index is 1170. The molecule has 8 nitrogen and oxygen atoms in total. The van der Waals surface area contributed by atoms with E-state index < -0.39 is 0 Å². The highest BCUT2D eigenvalue weighted by Crippen LogP contribution is 2.41. The first kappa shape index (κ1) is 17.8. The number of benzene rings is 2. The van der Waals surface area contributed by atoms with Gasteiger partial charge in [-0.15, -0.1) is 0 Å². The van der Waals surface area contributed by atoms with E-state index in [0.29, 0.717) is 35.0 Å². The van der Waals surface area contributed by atoms with Gasteiger partial charge in [0.1, 0.15) is 6.79 Å². The second-order valence-corrected chi connectivity index (χ2v) is 6.77. The van der Waals surface area contributed by atoms with Crippen molar-refractivity contribution in [3.05, 3.63) is 46.2 Å². The zero-order valence-corrected chi connectivity index (χ0v) is 16.0. The lowest BCUT2D eigenvalue weighted by molar-refractivity contribution is -0.0389. The zero-order chi connectivity index (χ0) is 20.0. The first-order chi connectivity index (χ1) is 14.2. The highest BCUT2D eigenvalue weighted by Gasteiger charge is 2.23.